The number of hydrogen-bond acceptors (Lipinski definition) is 2. The molecule has 130 valence electrons. The predicted molar refractivity (Wildman–Crippen MR) is 109 cm³/mol. The minimum Gasteiger partial charge on any atom is -0.370 e. The van der Waals surface area contributed by atoms with Gasteiger partial charge < -0.3 is 11.1 Å². The fourth-order valence-electron chi connectivity index (χ4n) is 2.94. The van der Waals surface area contributed by atoms with Crippen LogP contribution in [-0.2, 0) is 0 Å². The summed E-state index contributed by atoms with van der Waals surface area (Å²) in [5.74, 6) is 1.40. The van der Waals surface area contributed by atoms with Crippen LogP contribution in [0.4, 0.5) is 0 Å². The van der Waals surface area contributed by atoms with Crippen molar-refractivity contribution < 1.29 is 0 Å². The zero-order valence-electron chi connectivity index (χ0n) is 14.4. The summed E-state index contributed by atoms with van der Waals surface area (Å²) in [4.78, 5) is 7.14. The molecule has 0 saturated carbocycles. The van der Waals surface area contributed by atoms with Crippen LogP contribution in [0.25, 0.3) is 0 Å². The van der Waals surface area contributed by atoms with Crippen molar-refractivity contribution in [3.63, 3.8) is 0 Å². The molecule has 1 saturated heterocycles. The van der Waals surface area contributed by atoms with Crippen molar-refractivity contribution in [3.8, 4) is 0 Å². The third-order valence-corrected chi connectivity index (χ3v) is 4.43. The number of nitrogens with one attached hydrogen (secondary N) is 1. The largest absolute Gasteiger partial charge is 0.370 e. The summed E-state index contributed by atoms with van der Waals surface area (Å²) in [5.41, 5.74) is 7.30. The van der Waals surface area contributed by atoms with Gasteiger partial charge >= 0.3 is 0 Å². The standard InChI is InChI=1S/C18H30N4.HI/c1-3-11-20-18(19)21-14-17(16-7-5-4-6-8-16)22-12-9-15(2)10-13-22;/h4-8,15,17H,3,9-14H2,1-2H3,(H3,19,20,21);1H. The van der Waals surface area contributed by atoms with Gasteiger partial charge in [0.25, 0.3) is 0 Å². The van der Waals surface area contributed by atoms with Crippen LogP contribution in [0.3, 0.4) is 0 Å². The van der Waals surface area contributed by atoms with E-state index >= 15 is 0 Å². The van der Waals surface area contributed by atoms with Gasteiger partial charge in [0, 0.05) is 6.54 Å². The lowest BCUT2D eigenvalue weighted by molar-refractivity contribution is 0.141. The van der Waals surface area contributed by atoms with Gasteiger partial charge in [-0.2, -0.15) is 0 Å². The highest BCUT2D eigenvalue weighted by Crippen LogP contribution is 2.26. The average Bonchev–Trinajstić information content (AvgIpc) is 2.55. The van der Waals surface area contributed by atoms with E-state index in [2.05, 4.69) is 59.4 Å². The summed E-state index contributed by atoms with van der Waals surface area (Å²) in [5, 5.41) is 3.16. The van der Waals surface area contributed by atoms with Crippen molar-refractivity contribution in [2.75, 3.05) is 26.2 Å². The van der Waals surface area contributed by atoms with Crippen LogP contribution in [0.5, 0.6) is 0 Å². The van der Waals surface area contributed by atoms with Gasteiger partial charge in [-0.1, -0.05) is 44.2 Å². The molecule has 4 nitrogen and oxygen atoms in total. The van der Waals surface area contributed by atoms with Crippen LogP contribution >= 0.6 is 24.0 Å². The molecule has 3 N–H and O–H groups in total. The minimum atomic E-state index is 0. The molecule has 5 heteroatoms. The average molecular weight is 430 g/mol. The van der Waals surface area contributed by atoms with Crippen LogP contribution in [0.15, 0.2) is 35.3 Å². The van der Waals surface area contributed by atoms with Crippen molar-refractivity contribution in [1.82, 2.24) is 10.2 Å². The van der Waals surface area contributed by atoms with Gasteiger partial charge in [-0.05, 0) is 43.8 Å². The second-order valence-electron chi connectivity index (χ2n) is 6.30. The van der Waals surface area contributed by atoms with Crippen LogP contribution in [-0.4, -0.2) is 37.0 Å². The SMILES string of the molecule is CCCNC(N)=NCC(c1ccccc1)N1CCC(C)CC1.I. The molecule has 0 radical (unpaired) electrons. The number of nitrogens with zero attached hydrogens (tertiary/aromatic N) is 2. The smallest absolute Gasteiger partial charge is 0.188 e. The van der Waals surface area contributed by atoms with E-state index < -0.39 is 0 Å². The van der Waals surface area contributed by atoms with E-state index in [1.807, 2.05) is 0 Å². The second-order valence-corrected chi connectivity index (χ2v) is 6.30. The van der Waals surface area contributed by atoms with Gasteiger partial charge in [-0.25, -0.2) is 0 Å². The van der Waals surface area contributed by atoms with Gasteiger partial charge in [0.2, 0.25) is 0 Å². The first kappa shape index (κ1) is 20.2. The number of rotatable bonds is 6. The fraction of sp³-hybridized carbons (Fsp3) is 0.611. The van der Waals surface area contributed by atoms with Crippen molar-refractivity contribution in [2.24, 2.45) is 16.6 Å². The fourth-order valence-corrected chi connectivity index (χ4v) is 2.94. The summed E-state index contributed by atoms with van der Waals surface area (Å²) in [6, 6.07) is 11.0. The van der Waals surface area contributed by atoms with E-state index in [1.165, 1.54) is 18.4 Å². The lowest BCUT2D eigenvalue weighted by Gasteiger charge is -2.36. The number of likely N-dealkylation sites (tertiary alicyclic amines) is 1. The summed E-state index contributed by atoms with van der Waals surface area (Å²) in [6.07, 6.45) is 3.61. The molecule has 1 aromatic rings. The Hall–Kier alpha value is -0.820. The third kappa shape index (κ3) is 6.67. The summed E-state index contributed by atoms with van der Waals surface area (Å²) in [7, 11) is 0. The molecule has 0 aromatic heterocycles. The Morgan fingerprint density at radius 1 is 1.30 bits per heavy atom. The van der Waals surface area contributed by atoms with Crippen LogP contribution in [0, 0.1) is 5.92 Å². The van der Waals surface area contributed by atoms with Crippen LogP contribution in [0.2, 0.25) is 0 Å². The Morgan fingerprint density at radius 3 is 2.57 bits per heavy atom. The molecule has 1 aliphatic rings. The van der Waals surface area contributed by atoms with Gasteiger partial charge in [0.15, 0.2) is 5.96 Å². The zero-order valence-corrected chi connectivity index (χ0v) is 16.7. The molecule has 1 atom stereocenters. The van der Waals surface area contributed by atoms with Crippen molar-refractivity contribution in [2.45, 2.75) is 39.2 Å². The molecular weight excluding hydrogens is 399 g/mol. The van der Waals surface area contributed by atoms with Crippen LogP contribution in [0.1, 0.15) is 44.7 Å². The Bertz CT molecular complexity index is 455. The predicted octanol–water partition coefficient (Wildman–Crippen LogP) is 3.39. The number of nitrogens with two attached hydrogens (primary N) is 1. The number of halogens is 1. The number of hydrogen-bond donors (Lipinski definition) is 2. The maximum Gasteiger partial charge on any atom is 0.188 e. The molecule has 1 aliphatic heterocycles. The maximum atomic E-state index is 5.96. The van der Waals surface area contributed by atoms with Gasteiger partial charge in [-0.15, -0.1) is 24.0 Å². The van der Waals surface area contributed by atoms with Gasteiger partial charge in [0.05, 0.1) is 12.6 Å². The minimum absolute atomic E-state index is 0. The van der Waals surface area contributed by atoms with E-state index in [0.29, 0.717) is 12.0 Å². The molecule has 1 aromatic carbocycles. The number of piperidine rings is 1. The number of guanidine groups is 1. The topological polar surface area (TPSA) is 53.6 Å². The molecule has 1 heterocycles. The normalized spacial score (nSPS) is 18.3. The molecule has 0 spiro atoms. The Balaban J connectivity index is 0.00000264. The van der Waals surface area contributed by atoms with E-state index in [0.717, 1.165) is 38.5 Å². The highest BCUT2D eigenvalue weighted by molar-refractivity contribution is 14.0. The quantitative estimate of drug-likeness (QED) is 0.413. The molecule has 0 aliphatic carbocycles. The maximum absolute atomic E-state index is 5.96. The highest BCUT2D eigenvalue weighted by Gasteiger charge is 2.24. The lowest BCUT2D eigenvalue weighted by Crippen LogP contribution is -2.38. The summed E-state index contributed by atoms with van der Waals surface area (Å²) >= 11 is 0. The zero-order chi connectivity index (χ0) is 15.8. The highest BCUT2D eigenvalue weighted by atomic mass is 127. The van der Waals surface area contributed by atoms with E-state index in [-0.39, 0.29) is 24.0 Å². The van der Waals surface area contributed by atoms with Crippen LogP contribution < -0.4 is 11.1 Å². The van der Waals surface area contributed by atoms with Crippen molar-refractivity contribution in [3.05, 3.63) is 35.9 Å². The van der Waals surface area contributed by atoms with Gasteiger partial charge in [0.1, 0.15) is 0 Å². The summed E-state index contributed by atoms with van der Waals surface area (Å²) in [6.45, 7) is 8.38. The van der Waals surface area contributed by atoms with E-state index in [1.54, 1.807) is 0 Å². The molecule has 1 fully saturated rings. The number of benzene rings is 1. The van der Waals surface area contributed by atoms with E-state index in [9.17, 15) is 0 Å². The summed E-state index contributed by atoms with van der Waals surface area (Å²) < 4.78 is 0. The first-order valence-corrected chi connectivity index (χ1v) is 8.53. The first-order chi connectivity index (χ1) is 10.7. The second kappa shape index (κ2) is 10.9. The Labute approximate surface area is 157 Å². The first-order valence-electron chi connectivity index (χ1n) is 8.53. The molecule has 0 amide bonds. The Morgan fingerprint density at radius 2 is 1.96 bits per heavy atom. The third-order valence-electron chi connectivity index (χ3n) is 4.43. The molecule has 23 heavy (non-hydrogen) atoms. The lowest BCUT2D eigenvalue weighted by atomic mass is 9.96. The van der Waals surface area contributed by atoms with Crippen molar-refractivity contribution >= 4 is 29.9 Å². The Kier molecular flexibility index (Phi) is 9.55. The monoisotopic (exact) mass is 430 g/mol. The molecule has 2 rings (SSSR count). The molecule has 0 bridgehead atoms. The van der Waals surface area contributed by atoms with E-state index in [4.69, 9.17) is 5.73 Å². The van der Waals surface area contributed by atoms with Gasteiger partial charge in [-0.3, -0.25) is 9.89 Å². The molecular formula is C18H31IN4. The van der Waals surface area contributed by atoms with Crippen molar-refractivity contribution in [1.29, 1.82) is 0 Å². The number of aliphatic imine (C=N–C) groups is 1. The molecule has 1 unspecified atom stereocenters.